The lowest BCUT2D eigenvalue weighted by atomic mass is 10.1. The molecule has 0 aromatic heterocycles. The molecule has 4 nitrogen and oxygen atoms in total. The van der Waals surface area contributed by atoms with Gasteiger partial charge in [-0.25, -0.2) is 4.39 Å². The smallest absolute Gasteiger partial charge is 0.227 e. The van der Waals surface area contributed by atoms with Crippen LogP contribution in [0.1, 0.15) is 25.7 Å². The molecule has 0 atom stereocenters. The summed E-state index contributed by atoms with van der Waals surface area (Å²) in [4.78, 5) is 14.4. The van der Waals surface area contributed by atoms with Gasteiger partial charge >= 0.3 is 0 Å². The fraction of sp³-hybridized carbons (Fsp3) is 0.350. The summed E-state index contributed by atoms with van der Waals surface area (Å²) in [6.07, 6.45) is 3.95. The van der Waals surface area contributed by atoms with Gasteiger partial charge in [-0.2, -0.15) is 0 Å². The Morgan fingerprint density at radius 2 is 1.76 bits per heavy atom. The van der Waals surface area contributed by atoms with Gasteiger partial charge in [-0.05, 0) is 55.7 Å². The highest BCUT2D eigenvalue weighted by Crippen LogP contribution is 2.22. The Labute approximate surface area is 147 Å². The van der Waals surface area contributed by atoms with Crippen molar-refractivity contribution < 1.29 is 13.9 Å². The number of anilines is 2. The van der Waals surface area contributed by atoms with E-state index in [-0.39, 0.29) is 24.7 Å². The predicted molar refractivity (Wildman–Crippen MR) is 97.6 cm³/mol. The van der Waals surface area contributed by atoms with E-state index in [0.717, 1.165) is 18.8 Å². The number of nitrogens with zero attached hydrogens (tertiary/aromatic N) is 1. The van der Waals surface area contributed by atoms with Crippen molar-refractivity contribution in [3.05, 3.63) is 54.3 Å². The predicted octanol–water partition coefficient (Wildman–Crippen LogP) is 4.22. The SMILES string of the molecule is O=C(CCOc1ccccc1F)Nc1ccc(N2CCCCC2)cc1. The molecule has 3 rings (SSSR count). The van der Waals surface area contributed by atoms with Crippen molar-refractivity contribution in [2.24, 2.45) is 0 Å². The third kappa shape index (κ3) is 4.95. The van der Waals surface area contributed by atoms with E-state index in [0.29, 0.717) is 0 Å². The number of ether oxygens (including phenoxy) is 1. The Bertz CT molecular complexity index is 697. The number of para-hydroxylation sites is 1. The summed E-state index contributed by atoms with van der Waals surface area (Å²) in [6, 6.07) is 14.1. The summed E-state index contributed by atoms with van der Waals surface area (Å²) >= 11 is 0. The van der Waals surface area contributed by atoms with Crippen molar-refractivity contribution in [2.45, 2.75) is 25.7 Å². The molecule has 2 aromatic carbocycles. The molecule has 1 fully saturated rings. The second kappa shape index (κ2) is 8.51. The van der Waals surface area contributed by atoms with E-state index in [2.05, 4.69) is 10.2 Å². The third-order valence-corrected chi connectivity index (χ3v) is 4.30. The molecule has 1 aliphatic heterocycles. The number of hydrogen-bond donors (Lipinski definition) is 1. The van der Waals surface area contributed by atoms with E-state index in [9.17, 15) is 9.18 Å². The van der Waals surface area contributed by atoms with E-state index in [4.69, 9.17) is 4.74 Å². The van der Waals surface area contributed by atoms with E-state index in [1.165, 1.54) is 31.0 Å². The number of hydrogen-bond acceptors (Lipinski definition) is 3. The molecule has 132 valence electrons. The van der Waals surface area contributed by atoms with Gasteiger partial charge in [0, 0.05) is 24.5 Å². The average Bonchev–Trinajstić information content (AvgIpc) is 2.65. The molecular weight excluding hydrogens is 319 g/mol. The van der Waals surface area contributed by atoms with Crippen LogP contribution in [0.5, 0.6) is 5.75 Å². The number of amides is 1. The highest BCUT2D eigenvalue weighted by atomic mass is 19.1. The second-order valence-corrected chi connectivity index (χ2v) is 6.17. The molecule has 0 saturated carbocycles. The van der Waals surface area contributed by atoms with Crippen molar-refractivity contribution in [1.29, 1.82) is 0 Å². The van der Waals surface area contributed by atoms with E-state index in [1.54, 1.807) is 18.2 Å². The normalized spacial score (nSPS) is 14.2. The molecule has 5 heteroatoms. The highest BCUT2D eigenvalue weighted by molar-refractivity contribution is 5.90. The number of piperidine rings is 1. The van der Waals surface area contributed by atoms with Crippen LogP contribution in [0.3, 0.4) is 0 Å². The molecule has 0 aliphatic carbocycles. The monoisotopic (exact) mass is 342 g/mol. The fourth-order valence-electron chi connectivity index (χ4n) is 2.95. The van der Waals surface area contributed by atoms with Gasteiger partial charge in [0.2, 0.25) is 5.91 Å². The zero-order valence-electron chi connectivity index (χ0n) is 14.2. The van der Waals surface area contributed by atoms with Gasteiger partial charge in [-0.1, -0.05) is 12.1 Å². The third-order valence-electron chi connectivity index (χ3n) is 4.30. The molecule has 0 unspecified atom stereocenters. The van der Waals surface area contributed by atoms with Gasteiger partial charge in [-0.3, -0.25) is 4.79 Å². The Hall–Kier alpha value is -2.56. The Kier molecular flexibility index (Phi) is 5.88. The molecule has 2 aromatic rings. The lowest BCUT2D eigenvalue weighted by Gasteiger charge is -2.28. The Morgan fingerprint density at radius 3 is 2.48 bits per heavy atom. The van der Waals surface area contributed by atoms with Gasteiger partial charge in [-0.15, -0.1) is 0 Å². The van der Waals surface area contributed by atoms with Gasteiger partial charge in [0.05, 0.1) is 13.0 Å². The molecule has 1 amide bonds. The van der Waals surface area contributed by atoms with E-state index in [1.807, 2.05) is 24.3 Å². The van der Waals surface area contributed by atoms with Crippen LogP contribution in [-0.2, 0) is 4.79 Å². The topological polar surface area (TPSA) is 41.6 Å². The average molecular weight is 342 g/mol. The quantitative estimate of drug-likeness (QED) is 0.854. The number of halogens is 1. The molecule has 1 N–H and O–H groups in total. The summed E-state index contributed by atoms with van der Waals surface area (Å²) in [6.45, 7) is 2.33. The fourth-order valence-corrected chi connectivity index (χ4v) is 2.95. The maximum Gasteiger partial charge on any atom is 0.227 e. The lowest BCUT2D eigenvalue weighted by molar-refractivity contribution is -0.116. The largest absolute Gasteiger partial charge is 0.490 e. The molecule has 25 heavy (non-hydrogen) atoms. The first-order valence-corrected chi connectivity index (χ1v) is 8.74. The molecular formula is C20H23FN2O2. The second-order valence-electron chi connectivity index (χ2n) is 6.17. The van der Waals surface area contributed by atoms with Crippen LogP contribution in [0, 0.1) is 5.82 Å². The molecule has 1 saturated heterocycles. The van der Waals surface area contributed by atoms with Gasteiger partial charge in [0.1, 0.15) is 0 Å². The zero-order valence-corrected chi connectivity index (χ0v) is 14.2. The first-order chi connectivity index (χ1) is 12.2. The standard InChI is InChI=1S/C20H23FN2O2/c21-18-6-2-3-7-19(18)25-15-12-20(24)22-16-8-10-17(11-9-16)23-13-4-1-5-14-23/h2-3,6-11H,1,4-5,12-15H2,(H,22,24). The lowest BCUT2D eigenvalue weighted by Crippen LogP contribution is -2.29. The van der Waals surface area contributed by atoms with E-state index < -0.39 is 5.82 Å². The van der Waals surface area contributed by atoms with Crippen molar-refractivity contribution in [1.82, 2.24) is 0 Å². The molecule has 0 bridgehead atoms. The summed E-state index contributed by atoms with van der Waals surface area (Å²) in [5, 5.41) is 2.84. The van der Waals surface area contributed by atoms with E-state index >= 15 is 0 Å². The Balaban J connectivity index is 1.45. The van der Waals surface area contributed by atoms with Crippen molar-refractivity contribution in [2.75, 3.05) is 29.9 Å². The van der Waals surface area contributed by atoms with Crippen molar-refractivity contribution in [3.8, 4) is 5.75 Å². The van der Waals surface area contributed by atoms with Crippen LogP contribution in [0.4, 0.5) is 15.8 Å². The molecule has 0 radical (unpaired) electrons. The summed E-state index contributed by atoms with van der Waals surface area (Å²) in [7, 11) is 0. The minimum absolute atomic E-state index is 0.138. The number of rotatable bonds is 6. The number of carbonyl (C=O) groups excluding carboxylic acids is 1. The number of benzene rings is 2. The molecule has 1 heterocycles. The number of carbonyl (C=O) groups is 1. The summed E-state index contributed by atoms with van der Waals surface area (Å²) < 4.78 is 18.7. The van der Waals surface area contributed by atoms with Crippen LogP contribution in [0.2, 0.25) is 0 Å². The minimum Gasteiger partial charge on any atom is -0.490 e. The summed E-state index contributed by atoms with van der Waals surface area (Å²) in [5.41, 5.74) is 1.96. The summed E-state index contributed by atoms with van der Waals surface area (Å²) in [5.74, 6) is -0.403. The first-order valence-electron chi connectivity index (χ1n) is 8.74. The van der Waals surface area contributed by atoms with Gasteiger partial charge in [0.25, 0.3) is 0 Å². The molecule has 0 spiro atoms. The van der Waals surface area contributed by atoms with Crippen molar-refractivity contribution >= 4 is 17.3 Å². The van der Waals surface area contributed by atoms with Crippen LogP contribution in [0.25, 0.3) is 0 Å². The Morgan fingerprint density at radius 1 is 1.04 bits per heavy atom. The van der Waals surface area contributed by atoms with Gasteiger partial charge < -0.3 is 15.0 Å². The van der Waals surface area contributed by atoms with Crippen LogP contribution < -0.4 is 15.0 Å². The maximum absolute atomic E-state index is 13.4. The van der Waals surface area contributed by atoms with Crippen LogP contribution in [0.15, 0.2) is 48.5 Å². The van der Waals surface area contributed by atoms with Crippen molar-refractivity contribution in [3.63, 3.8) is 0 Å². The molecule has 1 aliphatic rings. The zero-order chi connectivity index (χ0) is 17.5. The highest BCUT2D eigenvalue weighted by Gasteiger charge is 2.11. The first kappa shape index (κ1) is 17.3. The van der Waals surface area contributed by atoms with Gasteiger partial charge in [0.15, 0.2) is 11.6 Å². The number of nitrogens with one attached hydrogen (secondary N) is 1. The van der Waals surface area contributed by atoms with Crippen LogP contribution in [-0.4, -0.2) is 25.6 Å². The minimum atomic E-state index is -0.420. The van der Waals surface area contributed by atoms with Crippen LogP contribution >= 0.6 is 0 Å². The maximum atomic E-state index is 13.4.